The zero-order valence-corrected chi connectivity index (χ0v) is 18.2. The van der Waals surface area contributed by atoms with Gasteiger partial charge in [-0.2, -0.15) is 0 Å². The standard InChI is InChI=1S/C21H32N4O4/c1-7-13(3)15-9-17(28-24-15)19(26)22-11-21(5,6)12-23-20(27)18-10-16(25-29-18)14(4)8-2/h9-10,13-14H,7-8,11-12H2,1-6H3,(H,22,26)(H,23,27). The summed E-state index contributed by atoms with van der Waals surface area (Å²) >= 11 is 0. The Morgan fingerprint density at radius 3 is 1.62 bits per heavy atom. The minimum Gasteiger partial charge on any atom is -0.351 e. The van der Waals surface area contributed by atoms with E-state index in [-0.39, 0.29) is 40.6 Å². The lowest BCUT2D eigenvalue weighted by atomic mass is 9.93. The molecule has 0 aliphatic rings. The molecule has 0 saturated carbocycles. The first-order valence-corrected chi connectivity index (χ1v) is 10.2. The predicted octanol–water partition coefficient (Wildman–Crippen LogP) is 3.88. The summed E-state index contributed by atoms with van der Waals surface area (Å²) in [7, 11) is 0. The van der Waals surface area contributed by atoms with E-state index in [1.165, 1.54) is 0 Å². The Morgan fingerprint density at radius 2 is 1.28 bits per heavy atom. The highest BCUT2D eigenvalue weighted by Gasteiger charge is 2.24. The molecule has 2 heterocycles. The maximum Gasteiger partial charge on any atom is 0.289 e. The van der Waals surface area contributed by atoms with Gasteiger partial charge in [-0.05, 0) is 18.3 Å². The zero-order chi connectivity index (χ0) is 21.6. The molecule has 2 aromatic rings. The summed E-state index contributed by atoms with van der Waals surface area (Å²) in [6, 6.07) is 3.36. The van der Waals surface area contributed by atoms with Gasteiger partial charge in [0.25, 0.3) is 11.8 Å². The van der Waals surface area contributed by atoms with E-state index < -0.39 is 0 Å². The molecule has 2 amide bonds. The van der Waals surface area contributed by atoms with Crippen LogP contribution >= 0.6 is 0 Å². The third-order valence-corrected chi connectivity index (χ3v) is 5.19. The van der Waals surface area contributed by atoms with Crippen LogP contribution in [-0.4, -0.2) is 35.2 Å². The fourth-order valence-electron chi connectivity index (χ4n) is 2.55. The summed E-state index contributed by atoms with van der Waals surface area (Å²) in [5, 5.41) is 13.6. The quantitative estimate of drug-likeness (QED) is 0.622. The van der Waals surface area contributed by atoms with Crippen LogP contribution in [0, 0.1) is 5.41 Å². The van der Waals surface area contributed by atoms with Crippen LogP contribution in [0.5, 0.6) is 0 Å². The molecule has 2 rings (SSSR count). The van der Waals surface area contributed by atoms with Crippen LogP contribution < -0.4 is 10.6 Å². The molecule has 2 aromatic heterocycles. The van der Waals surface area contributed by atoms with E-state index >= 15 is 0 Å². The minimum atomic E-state index is -0.371. The highest BCUT2D eigenvalue weighted by molar-refractivity contribution is 5.92. The van der Waals surface area contributed by atoms with Crippen LogP contribution in [0.4, 0.5) is 0 Å². The Hall–Kier alpha value is -2.64. The maximum absolute atomic E-state index is 12.3. The monoisotopic (exact) mass is 404 g/mol. The zero-order valence-electron chi connectivity index (χ0n) is 18.2. The molecule has 8 nitrogen and oxygen atoms in total. The second-order valence-electron chi connectivity index (χ2n) is 8.38. The molecule has 0 aliphatic carbocycles. The fraction of sp³-hybridized carbons (Fsp3) is 0.619. The van der Waals surface area contributed by atoms with Crippen molar-refractivity contribution in [2.24, 2.45) is 5.41 Å². The van der Waals surface area contributed by atoms with Crippen molar-refractivity contribution in [2.45, 2.75) is 66.2 Å². The third-order valence-electron chi connectivity index (χ3n) is 5.19. The number of nitrogens with one attached hydrogen (secondary N) is 2. The summed E-state index contributed by atoms with van der Waals surface area (Å²) in [5.74, 6) is 0.228. The van der Waals surface area contributed by atoms with E-state index in [0.29, 0.717) is 13.1 Å². The lowest BCUT2D eigenvalue weighted by Gasteiger charge is -2.24. The van der Waals surface area contributed by atoms with Crippen molar-refractivity contribution in [1.82, 2.24) is 20.9 Å². The largest absolute Gasteiger partial charge is 0.351 e. The molecule has 0 radical (unpaired) electrons. The smallest absolute Gasteiger partial charge is 0.289 e. The Bertz CT molecular complexity index is 758. The van der Waals surface area contributed by atoms with Crippen LogP contribution in [0.25, 0.3) is 0 Å². The van der Waals surface area contributed by atoms with Crippen molar-refractivity contribution in [3.63, 3.8) is 0 Å². The van der Waals surface area contributed by atoms with E-state index in [0.717, 1.165) is 24.2 Å². The Kier molecular flexibility index (Phi) is 7.59. The molecule has 2 unspecified atom stereocenters. The van der Waals surface area contributed by atoms with Crippen LogP contribution in [0.2, 0.25) is 0 Å². The molecule has 0 saturated heterocycles. The van der Waals surface area contributed by atoms with E-state index in [9.17, 15) is 9.59 Å². The van der Waals surface area contributed by atoms with Gasteiger partial charge in [-0.15, -0.1) is 0 Å². The Morgan fingerprint density at radius 1 is 0.897 bits per heavy atom. The number of nitrogens with zero attached hydrogens (tertiary/aromatic N) is 2. The number of hydrogen-bond acceptors (Lipinski definition) is 6. The summed E-state index contributed by atoms with van der Waals surface area (Å²) in [5.41, 5.74) is 1.17. The number of amides is 2. The number of carbonyl (C=O) groups is 2. The van der Waals surface area contributed by atoms with E-state index in [4.69, 9.17) is 9.05 Å². The normalized spacial score (nSPS) is 13.7. The van der Waals surface area contributed by atoms with Gasteiger partial charge in [-0.25, -0.2) is 0 Å². The molecule has 0 fully saturated rings. The first-order valence-electron chi connectivity index (χ1n) is 10.2. The van der Waals surface area contributed by atoms with Crippen LogP contribution in [-0.2, 0) is 0 Å². The van der Waals surface area contributed by atoms with Gasteiger partial charge in [0.05, 0.1) is 11.4 Å². The van der Waals surface area contributed by atoms with Crippen molar-refractivity contribution in [3.05, 3.63) is 35.0 Å². The SMILES string of the molecule is CCC(C)c1cc(C(=O)NCC(C)(C)CNC(=O)c2cc(C(C)CC)no2)on1. The molecule has 2 N–H and O–H groups in total. The maximum atomic E-state index is 12.3. The topological polar surface area (TPSA) is 110 Å². The van der Waals surface area contributed by atoms with Crippen molar-refractivity contribution < 1.29 is 18.6 Å². The first-order chi connectivity index (χ1) is 13.7. The lowest BCUT2D eigenvalue weighted by Crippen LogP contribution is -2.42. The number of aromatic nitrogens is 2. The number of hydrogen-bond donors (Lipinski definition) is 2. The van der Waals surface area contributed by atoms with Crippen LogP contribution in [0.3, 0.4) is 0 Å². The number of rotatable bonds is 10. The van der Waals surface area contributed by atoms with E-state index in [1.54, 1.807) is 12.1 Å². The minimum absolute atomic E-state index is 0.194. The Balaban J connectivity index is 1.84. The van der Waals surface area contributed by atoms with Crippen molar-refractivity contribution in [1.29, 1.82) is 0 Å². The molecular formula is C21H32N4O4. The Labute approximate surface area is 171 Å². The van der Waals surface area contributed by atoms with Gasteiger partial charge in [0, 0.05) is 37.1 Å². The molecule has 0 aliphatic heterocycles. The molecule has 0 spiro atoms. The third kappa shape index (κ3) is 6.17. The van der Waals surface area contributed by atoms with Crippen LogP contribution in [0.15, 0.2) is 21.2 Å². The molecule has 0 bridgehead atoms. The molecule has 0 aromatic carbocycles. The van der Waals surface area contributed by atoms with Gasteiger partial charge in [0.2, 0.25) is 11.5 Å². The molecule has 2 atom stereocenters. The van der Waals surface area contributed by atoms with E-state index in [2.05, 4.69) is 34.8 Å². The summed E-state index contributed by atoms with van der Waals surface area (Å²) < 4.78 is 10.3. The fourth-order valence-corrected chi connectivity index (χ4v) is 2.55. The van der Waals surface area contributed by atoms with Crippen molar-refractivity contribution >= 4 is 11.8 Å². The second kappa shape index (κ2) is 9.71. The van der Waals surface area contributed by atoms with Crippen molar-refractivity contribution in [3.8, 4) is 0 Å². The first kappa shape index (κ1) is 22.6. The highest BCUT2D eigenvalue weighted by Crippen LogP contribution is 2.20. The van der Waals surface area contributed by atoms with Gasteiger partial charge < -0.3 is 19.7 Å². The average Bonchev–Trinajstić information content (AvgIpc) is 3.39. The van der Waals surface area contributed by atoms with Gasteiger partial charge >= 0.3 is 0 Å². The molecule has 160 valence electrons. The highest BCUT2D eigenvalue weighted by atomic mass is 16.5. The molecule has 8 heteroatoms. The van der Waals surface area contributed by atoms with Gasteiger partial charge in [0.15, 0.2) is 0 Å². The lowest BCUT2D eigenvalue weighted by molar-refractivity contribution is 0.0881. The average molecular weight is 405 g/mol. The van der Waals surface area contributed by atoms with Gasteiger partial charge in [0.1, 0.15) is 0 Å². The molecule has 29 heavy (non-hydrogen) atoms. The van der Waals surface area contributed by atoms with Gasteiger partial charge in [-0.3, -0.25) is 9.59 Å². The number of carbonyl (C=O) groups excluding carboxylic acids is 2. The molecular weight excluding hydrogens is 372 g/mol. The predicted molar refractivity (Wildman–Crippen MR) is 109 cm³/mol. The van der Waals surface area contributed by atoms with Gasteiger partial charge in [-0.1, -0.05) is 51.9 Å². The van der Waals surface area contributed by atoms with Crippen molar-refractivity contribution in [2.75, 3.05) is 13.1 Å². The second-order valence-corrected chi connectivity index (χ2v) is 8.38. The summed E-state index contributed by atoms with van der Waals surface area (Å²) in [6.07, 6.45) is 1.84. The summed E-state index contributed by atoms with van der Waals surface area (Å²) in [4.78, 5) is 24.6. The van der Waals surface area contributed by atoms with E-state index in [1.807, 2.05) is 27.7 Å². The van der Waals surface area contributed by atoms with Crippen LogP contribution in [0.1, 0.15) is 98.7 Å². The summed E-state index contributed by atoms with van der Waals surface area (Å²) in [6.45, 7) is 12.8.